The zero-order valence-electron chi connectivity index (χ0n) is 27.2. The van der Waals surface area contributed by atoms with E-state index in [9.17, 15) is 0 Å². The SMILES string of the molecule is CCCC1(c2ccccc2)c2cc(N(c3ccccc3)c3ccccc3)ccc2-c2ccc(N(c3ccccc3)c3ccccc3)cc21. The first-order chi connectivity index (χ1) is 23.8. The van der Waals surface area contributed by atoms with Crippen molar-refractivity contribution < 1.29 is 0 Å². The lowest BCUT2D eigenvalue weighted by Crippen LogP contribution is -2.27. The lowest BCUT2D eigenvalue weighted by molar-refractivity contribution is 0.563. The Labute approximate surface area is 284 Å². The molecule has 1 aliphatic carbocycles. The second kappa shape index (κ2) is 12.7. The summed E-state index contributed by atoms with van der Waals surface area (Å²) in [6.07, 6.45) is 2.04. The summed E-state index contributed by atoms with van der Waals surface area (Å²) in [6, 6.07) is 68.2. The van der Waals surface area contributed by atoms with Crippen LogP contribution in [0.2, 0.25) is 0 Å². The van der Waals surface area contributed by atoms with Crippen molar-refractivity contribution in [2.45, 2.75) is 25.2 Å². The third-order valence-electron chi connectivity index (χ3n) is 9.68. The van der Waals surface area contributed by atoms with Gasteiger partial charge in [0.05, 0.1) is 0 Å². The molecule has 0 aliphatic heterocycles. The van der Waals surface area contributed by atoms with Gasteiger partial charge in [0, 0.05) is 39.5 Å². The van der Waals surface area contributed by atoms with Crippen molar-refractivity contribution in [1.82, 2.24) is 0 Å². The minimum absolute atomic E-state index is 0.315. The number of benzene rings is 7. The molecule has 0 unspecified atom stereocenters. The zero-order valence-corrected chi connectivity index (χ0v) is 27.2. The van der Waals surface area contributed by atoms with E-state index in [4.69, 9.17) is 0 Å². The Hall–Kier alpha value is -5.86. The summed E-state index contributed by atoms with van der Waals surface area (Å²) in [5.74, 6) is 0. The molecule has 2 nitrogen and oxygen atoms in total. The fourth-order valence-corrected chi connectivity index (χ4v) is 7.69. The summed E-state index contributed by atoms with van der Waals surface area (Å²) < 4.78 is 0. The standard InChI is InChI=1S/C46H38N2/c1-2-32-46(35-18-8-3-9-19-35)44-33-40(47(36-20-10-4-11-21-36)37-22-12-5-13-23-37)28-30-42(44)43-31-29-41(34-45(43)46)48(38-24-14-6-15-25-38)39-26-16-7-17-27-39/h3-31,33-34H,2,32H2,1H3. The average molecular weight is 619 g/mol. The average Bonchev–Trinajstić information content (AvgIpc) is 3.43. The Bertz CT molecular complexity index is 1910. The van der Waals surface area contributed by atoms with Gasteiger partial charge in [-0.2, -0.15) is 0 Å². The second-order valence-corrected chi connectivity index (χ2v) is 12.5. The van der Waals surface area contributed by atoms with E-state index in [1.54, 1.807) is 0 Å². The van der Waals surface area contributed by atoms with Crippen molar-refractivity contribution >= 4 is 34.1 Å². The first-order valence-corrected chi connectivity index (χ1v) is 16.9. The monoisotopic (exact) mass is 618 g/mol. The molecule has 0 bridgehead atoms. The molecule has 0 N–H and O–H groups in total. The molecule has 7 aromatic rings. The van der Waals surface area contributed by atoms with Crippen molar-refractivity contribution in [3.8, 4) is 11.1 Å². The van der Waals surface area contributed by atoms with Gasteiger partial charge in [0.2, 0.25) is 0 Å². The van der Waals surface area contributed by atoms with Crippen LogP contribution in [-0.2, 0) is 5.41 Å². The van der Waals surface area contributed by atoms with E-state index >= 15 is 0 Å². The van der Waals surface area contributed by atoms with Gasteiger partial charge in [-0.1, -0.05) is 129 Å². The summed E-state index contributed by atoms with van der Waals surface area (Å²) in [5, 5.41) is 0. The number of hydrogen-bond donors (Lipinski definition) is 0. The van der Waals surface area contributed by atoms with Crippen molar-refractivity contribution in [1.29, 1.82) is 0 Å². The Kier molecular flexibility index (Phi) is 7.84. The molecule has 2 heteroatoms. The van der Waals surface area contributed by atoms with Crippen LogP contribution in [0.1, 0.15) is 36.5 Å². The highest BCUT2D eigenvalue weighted by atomic mass is 15.1. The summed E-state index contributed by atoms with van der Waals surface area (Å²) >= 11 is 0. The molecule has 1 aliphatic rings. The maximum atomic E-state index is 2.46. The van der Waals surface area contributed by atoms with Crippen LogP contribution >= 0.6 is 0 Å². The van der Waals surface area contributed by atoms with E-state index in [2.05, 4.69) is 205 Å². The molecule has 0 fully saturated rings. The number of anilines is 6. The van der Waals surface area contributed by atoms with Gasteiger partial charge in [-0.3, -0.25) is 0 Å². The number of hydrogen-bond acceptors (Lipinski definition) is 2. The van der Waals surface area contributed by atoms with Crippen molar-refractivity contribution in [3.63, 3.8) is 0 Å². The third kappa shape index (κ3) is 5.07. The molecule has 7 aromatic carbocycles. The van der Waals surface area contributed by atoms with Gasteiger partial charge in [-0.15, -0.1) is 0 Å². The minimum Gasteiger partial charge on any atom is -0.310 e. The van der Waals surface area contributed by atoms with Crippen LogP contribution in [0.3, 0.4) is 0 Å². The molecule has 0 spiro atoms. The highest BCUT2D eigenvalue weighted by Crippen LogP contribution is 2.57. The van der Waals surface area contributed by atoms with E-state index in [-0.39, 0.29) is 5.41 Å². The molecule has 0 amide bonds. The van der Waals surface area contributed by atoms with Crippen molar-refractivity contribution in [2.24, 2.45) is 0 Å². The minimum atomic E-state index is -0.315. The lowest BCUT2D eigenvalue weighted by atomic mass is 9.69. The summed E-state index contributed by atoms with van der Waals surface area (Å²) in [7, 11) is 0. The molecule has 0 saturated heterocycles. The lowest BCUT2D eigenvalue weighted by Gasteiger charge is -2.35. The summed E-state index contributed by atoms with van der Waals surface area (Å²) in [6.45, 7) is 2.32. The first-order valence-electron chi connectivity index (χ1n) is 16.9. The Morgan fingerprint density at radius 3 is 1.04 bits per heavy atom. The van der Waals surface area contributed by atoms with Crippen molar-refractivity contribution in [2.75, 3.05) is 9.80 Å². The Balaban J connectivity index is 1.37. The van der Waals surface area contributed by atoms with Crippen LogP contribution in [0, 0.1) is 0 Å². The molecule has 8 rings (SSSR count). The van der Waals surface area contributed by atoms with Crippen LogP contribution < -0.4 is 9.80 Å². The maximum Gasteiger partial charge on any atom is 0.0465 e. The third-order valence-corrected chi connectivity index (χ3v) is 9.68. The first kappa shape index (κ1) is 29.5. The fraction of sp³-hybridized carbons (Fsp3) is 0.0870. The molecule has 232 valence electrons. The maximum absolute atomic E-state index is 2.46. The smallest absolute Gasteiger partial charge is 0.0465 e. The van der Waals surface area contributed by atoms with Crippen LogP contribution in [-0.4, -0.2) is 0 Å². The molecule has 48 heavy (non-hydrogen) atoms. The number of fused-ring (bicyclic) bond motifs is 3. The summed E-state index contributed by atoms with van der Waals surface area (Å²) in [5.41, 5.74) is 13.2. The molecule has 0 saturated carbocycles. The fourth-order valence-electron chi connectivity index (χ4n) is 7.69. The van der Waals surface area contributed by atoms with Gasteiger partial charge >= 0.3 is 0 Å². The van der Waals surface area contributed by atoms with Crippen molar-refractivity contribution in [3.05, 3.63) is 205 Å². The van der Waals surface area contributed by atoms with E-state index < -0.39 is 0 Å². The number of rotatable bonds is 9. The number of para-hydroxylation sites is 4. The van der Waals surface area contributed by atoms with Gasteiger partial charge in [0.1, 0.15) is 0 Å². The molecule has 0 aromatic heterocycles. The van der Waals surface area contributed by atoms with Crippen LogP contribution in [0.25, 0.3) is 11.1 Å². The second-order valence-electron chi connectivity index (χ2n) is 12.5. The van der Waals surface area contributed by atoms with E-state index in [0.717, 1.165) is 47.0 Å². The molecule has 0 atom stereocenters. The Morgan fingerprint density at radius 2 is 0.708 bits per heavy atom. The highest BCUT2D eigenvalue weighted by Gasteiger charge is 2.44. The van der Waals surface area contributed by atoms with E-state index in [1.807, 2.05) is 0 Å². The van der Waals surface area contributed by atoms with E-state index in [1.165, 1.54) is 27.8 Å². The topological polar surface area (TPSA) is 6.48 Å². The van der Waals surface area contributed by atoms with Crippen LogP contribution in [0.5, 0.6) is 0 Å². The van der Waals surface area contributed by atoms with Crippen LogP contribution in [0.15, 0.2) is 188 Å². The van der Waals surface area contributed by atoms with Gasteiger partial charge in [-0.25, -0.2) is 0 Å². The van der Waals surface area contributed by atoms with Gasteiger partial charge in [-0.05, 0) is 107 Å². The number of nitrogens with zero attached hydrogens (tertiary/aromatic N) is 2. The molecular weight excluding hydrogens is 581 g/mol. The van der Waals surface area contributed by atoms with Gasteiger partial charge < -0.3 is 9.80 Å². The highest BCUT2D eigenvalue weighted by molar-refractivity contribution is 5.90. The summed E-state index contributed by atoms with van der Waals surface area (Å²) in [4.78, 5) is 4.76. The quantitative estimate of drug-likeness (QED) is 0.159. The van der Waals surface area contributed by atoms with Gasteiger partial charge in [0.25, 0.3) is 0 Å². The van der Waals surface area contributed by atoms with E-state index in [0.29, 0.717) is 0 Å². The predicted octanol–water partition coefficient (Wildman–Crippen LogP) is 12.7. The Morgan fingerprint density at radius 1 is 0.375 bits per heavy atom. The normalized spacial score (nSPS) is 12.6. The zero-order chi connectivity index (χ0) is 32.3. The van der Waals surface area contributed by atoms with Gasteiger partial charge in [0.15, 0.2) is 0 Å². The molecular formula is C46H38N2. The predicted molar refractivity (Wildman–Crippen MR) is 202 cm³/mol. The molecule has 0 heterocycles. The van der Waals surface area contributed by atoms with Crippen LogP contribution in [0.4, 0.5) is 34.1 Å². The largest absolute Gasteiger partial charge is 0.310 e. The molecule has 0 radical (unpaired) electrons.